The normalized spacial score (nSPS) is 25.8. The molecule has 0 spiro atoms. The number of carbonyl (C=O) groups is 3. The average Bonchev–Trinajstić information content (AvgIpc) is 2.97. The second kappa shape index (κ2) is 6.78. The predicted molar refractivity (Wildman–Crippen MR) is 73.6 cm³/mol. The number of likely N-dealkylation sites (tertiary alicyclic amines) is 2. The molecule has 0 aromatic rings. The number of nitrogens with zero attached hydrogens (tertiary/aromatic N) is 2. The summed E-state index contributed by atoms with van der Waals surface area (Å²) < 4.78 is 5.02. The summed E-state index contributed by atoms with van der Waals surface area (Å²) in [6, 6.07) is -0.159. The van der Waals surface area contributed by atoms with E-state index in [9.17, 15) is 14.4 Å². The summed E-state index contributed by atoms with van der Waals surface area (Å²) in [6.07, 6.45) is 2.00. The molecule has 118 valence electrons. The molecule has 0 bridgehead atoms. The number of carboxylic acid groups (broad SMARTS) is 1. The van der Waals surface area contributed by atoms with Crippen molar-refractivity contribution in [2.24, 2.45) is 11.8 Å². The van der Waals surface area contributed by atoms with Gasteiger partial charge in [0.15, 0.2) is 0 Å². The fourth-order valence-electron chi connectivity index (χ4n) is 2.94. The lowest BCUT2D eigenvalue weighted by Gasteiger charge is -2.34. The third-order valence-electron chi connectivity index (χ3n) is 4.12. The number of rotatable bonds is 3. The molecule has 7 heteroatoms. The van der Waals surface area contributed by atoms with Crippen molar-refractivity contribution in [3.8, 4) is 0 Å². The minimum Gasteiger partial charge on any atom is -0.481 e. The molecule has 0 saturated carbocycles. The largest absolute Gasteiger partial charge is 0.481 e. The van der Waals surface area contributed by atoms with Gasteiger partial charge in [0.25, 0.3) is 0 Å². The minimum absolute atomic E-state index is 0.159. The fourth-order valence-corrected chi connectivity index (χ4v) is 2.94. The molecule has 2 unspecified atom stereocenters. The maximum absolute atomic E-state index is 12.4. The summed E-state index contributed by atoms with van der Waals surface area (Å²) in [5.74, 6) is -1.84. The molecule has 2 aliphatic heterocycles. The molecule has 2 heterocycles. The summed E-state index contributed by atoms with van der Waals surface area (Å²) in [5, 5.41) is 8.98. The maximum Gasteiger partial charge on any atom is 0.320 e. The van der Waals surface area contributed by atoms with Crippen LogP contribution in [-0.2, 0) is 14.3 Å². The molecular weight excluding hydrogens is 276 g/mol. The van der Waals surface area contributed by atoms with Gasteiger partial charge >= 0.3 is 18.0 Å². The van der Waals surface area contributed by atoms with E-state index >= 15 is 0 Å². The molecule has 2 amide bonds. The van der Waals surface area contributed by atoms with Crippen LogP contribution in [0.25, 0.3) is 0 Å². The van der Waals surface area contributed by atoms with Gasteiger partial charge < -0.3 is 19.6 Å². The van der Waals surface area contributed by atoms with Crippen molar-refractivity contribution < 1.29 is 24.2 Å². The number of carbonyl (C=O) groups excluding carboxylic acids is 2. The second-order valence-corrected chi connectivity index (χ2v) is 5.59. The van der Waals surface area contributed by atoms with E-state index in [-0.39, 0.29) is 24.5 Å². The molecule has 2 aliphatic rings. The summed E-state index contributed by atoms with van der Waals surface area (Å²) in [6.45, 7) is 3.82. The van der Waals surface area contributed by atoms with E-state index < -0.39 is 11.9 Å². The molecule has 21 heavy (non-hydrogen) atoms. The van der Waals surface area contributed by atoms with Gasteiger partial charge in [-0.15, -0.1) is 0 Å². The zero-order valence-corrected chi connectivity index (χ0v) is 12.3. The lowest BCUT2D eigenvalue weighted by Crippen LogP contribution is -2.48. The van der Waals surface area contributed by atoms with Crippen molar-refractivity contribution in [1.29, 1.82) is 0 Å². The zero-order valence-electron chi connectivity index (χ0n) is 12.3. The third-order valence-corrected chi connectivity index (χ3v) is 4.12. The van der Waals surface area contributed by atoms with Gasteiger partial charge in [0.05, 0.1) is 18.4 Å². The van der Waals surface area contributed by atoms with Gasteiger partial charge in [0.2, 0.25) is 0 Å². The Kier molecular flexibility index (Phi) is 5.03. The molecule has 0 radical (unpaired) electrons. The number of piperidine rings is 1. The van der Waals surface area contributed by atoms with Crippen molar-refractivity contribution >= 4 is 18.0 Å². The van der Waals surface area contributed by atoms with Crippen LogP contribution in [0.5, 0.6) is 0 Å². The Morgan fingerprint density at radius 1 is 1.10 bits per heavy atom. The van der Waals surface area contributed by atoms with Crippen LogP contribution in [0.1, 0.15) is 26.2 Å². The first-order valence-electron chi connectivity index (χ1n) is 7.46. The summed E-state index contributed by atoms with van der Waals surface area (Å²) in [5.41, 5.74) is 0. The van der Waals surface area contributed by atoms with Gasteiger partial charge in [-0.3, -0.25) is 9.59 Å². The highest BCUT2D eigenvalue weighted by Crippen LogP contribution is 2.22. The number of aliphatic carboxylic acids is 1. The Bertz CT molecular complexity index is 426. The first-order valence-corrected chi connectivity index (χ1v) is 7.46. The summed E-state index contributed by atoms with van der Waals surface area (Å²) in [4.78, 5) is 38.3. The van der Waals surface area contributed by atoms with Crippen molar-refractivity contribution in [1.82, 2.24) is 9.80 Å². The van der Waals surface area contributed by atoms with Crippen LogP contribution in [0.2, 0.25) is 0 Å². The molecule has 7 nitrogen and oxygen atoms in total. The van der Waals surface area contributed by atoms with E-state index in [1.807, 2.05) is 0 Å². The predicted octanol–water partition coefficient (Wildman–Crippen LogP) is 0.788. The number of urea groups is 1. The number of carboxylic acids is 1. The molecule has 2 rings (SSSR count). The molecule has 0 aromatic carbocycles. The smallest absolute Gasteiger partial charge is 0.320 e. The van der Waals surface area contributed by atoms with E-state index in [2.05, 4.69) is 0 Å². The molecule has 1 N–H and O–H groups in total. The second-order valence-electron chi connectivity index (χ2n) is 5.59. The molecular formula is C14H22N2O5. The summed E-state index contributed by atoms with van der Waals surface area (Å²) in [7, 11) is 0. The van der Waals surface area contributed by atoms with E-state index in [4.69, 9.17) is 9.84 Å². The van der Waals surface area contributed by atoms with Crippen molar-refractivity contribution in [2.45, 2.75) is 26.2 Å². The molecule has 2 atom stereocenters. The number of hydrogen-bond donors (Lipinski definition) is 1. The number of ether oxygens (including phenoxy) is 1. The fraction of sp³-hybridized carbons (Fsp3) is 0.786. The highest BCUT2D eigenvalue weighted by Gasteiger charge is 2.36. The van der Waals surface area contributed by atoms with Crippen LogP contribution in [-0.4, -0.2) is 65.7 Å². The SMILES string of the molecule is CCOC(=O)C1CCCN(C(=O)N2CCC(C(=O)O)C2)C1. The van der Waals surface area contributed by atoms with Crippen molar-refractivity contribution in [3.05, 3.63) is 0 Å². The standard InChI is InChI=1S/C14H22N2O5/c1-2-21-13(19)11-4-3-6-15(9-11)14(20)16-7-5-10(8-16)12(17)18/h10-11H,2-9H2,1H3,(H,17,18). The molecule has 0 aliphatic carbocycles. The van der Waals surface area contributed by atoms with Gasteiger partial charge in [0, 0.05) is 26.2 Å². The van der Waals surface area contributed by atoms with Crippen LogP contribution < -0.4 is 0 Å². The molecule has 0 aromatic heterocycles. The van der Waals surface area contributed by atoms with Crippen LogP contribution in [0.15, 0.2) is 0 Å². The quantitative estimate of drug-likeness (QED) is 0.778. The third kappa shape index (κ3) is 3.65. The Hall–Kier alpha value is -1.79. The zero-order chi connectivity index (χ0) is 15.4. The van der Waals surface area contributed by atoms with Gasteiger partial charge in [-0.2, -0.15) is 0 Å². The van der Waals surface area contributed by atoms with Gasteiger partial charge in [-0.25, -0.2) is 4.79 Å². The lowest BCUT2D eigenvalue weighted by atomic mass is 9.98. The number of amides is 2. The lowest BCUT2D eigenvalue weighted by molar-refractivity contribution is -0.149. The maximum atomic E-state index is 12.4. The van der Waals surface area contributed by atoms with E-state index in [1.165, 1.54) is 0 Å². The first kappa shape index (κ1) is 15.6. The average molecular weight is 298 g/mol. The van der Waals surface area contributed by atoms with Gasteiger partial charge in [0.1, 0.15) is 0 Å². The van der Waals surface area contributed by atoms with Gasteiger partial charge in [-0.1, -0.05) is 0 Å². The van der Waals surface area contributed by atoms with Gasteiger partial charge in [-0.05, 0) is 26.2 Å². The van der Waals surface area contributed by atoms with Crippen LogP contribution >= 0.6 is 0 Å². The number of esters is 1. The van der Waals surface area contributed by atoms with Crippen molar-refractivity contribution in [2.75, 3.05) is 32.8 Å². The topological polar surface area (TPSA) is 87.2 Å². The monoisotopic (exact) mass is 298 g/mol. The highest BCUT2D eigenvalue weighted by molar-refractivity contribution is 5.79. The van der Waals surface area contributed by atoms with E-state index in [0.717, 1.165) is 12.8 Å². The van der Waals surface area contributed by atoms with Crippen molar-refractivity contribution in [3.63, 3.8) is 0 Å². The first-order chi connectivity index (χ1) is 10.0. The van der Waals surface area contributed by atoms with Crippen LogP contribution in [0.3, 0.4) is 0 Å². The Morgan fingerprint density at radius 2 is 1.76 bits per heavy atom. The molecule has 2 saturated heterocycles. The Morgan fingerprint density at radius 3 is 2.38 bits per heavy atom. The summed E-state index contributed by atoms with van der Waals surface area (Å²) >= 11 is 0. The highest BCUT2D eigenvalue weighted by atomic mass is 16.5. The van der Waals surface area contributed by atoms with Crippen LogP contribution in [0.4, 0.5) is 4.79 Å². The van der Waals surface area contributed by atoms with E-state index in [0.29, 0.717) is 32.7 Å². The molecule has 2 fully saturated rings. The van der Waals surface area contributed by atoms with Crippen LogP contribution in [0, 0.1) is 11.8 Å². The van der Waals surface area contributed by atoms with E-state index in [1.54, 1.807) is 16.7 Å². The minimum atomic E-state index is -0.853. The number of hydrogen-bond acceptors (Lipinski definition) is 4. The Balaban J connectivity index is 1.90. The Labute approximate surface area is 123 Å².